The standard InChI is InChI=1S/C16H19N3O3/c1-11-4-3-5-13(8-11)9-15(20)19-6-7-21-10-14(19)16-17-12(2)18-22-16/h3-5,8,14H,6-7,9-10H2,1-2H3. The molecule has 1 aliphatic rings. The van der Waals surface area contributed by atoms with Crippen LogP contribution in [0.4, 0.5) is 0 Å². The minimum atomic E-state index is -0.299. The van der Waals surface area contributed by atoms with E-state index < -0.39 is 0 Å². The molecule has 1 amide bonds. The van der Waals surface area contributed by atoms with Gasteiger partial charge in [0.2, 0.25) is 5.91 Å². The second kappa shape index (κ2) is 6.27. The van der Waals surface area contributed by atoms with E-state index in [1.807, 2.05) is 31.2 Å². The molecule has 1 aromatic heterocycles. The highest BCUT2D eigenvalue weighted by Gasteiger charge is 2.32. The molecule has 0 saturated carbocycles. The quantitative estimate of drug-likeness (QED) is 0.865. The molecule has 116 valence electrons. The summed E-state index contributed by atoms with van der Waals surface area (Å²) in [5.41, 5.74) is 2.16. The van der Waals surface area contributed by atoms with E-state index in [0.717, 1.165) is 11.1 Å². The maximum atomic E-state index is 12.6. The minimum absolute atomic E-state index is 0.0507. The average Bonchev–Trinajstić information content (AvgIpc) is 2.94. The molecular weight excluding hydrogens is 282 g/mol. The Kier molecular flexibility index (Phi) is 4.20. The maximum Gasteiger partial charge on any atom is 0.251 e. The van der Waals surface area contributed by atoms with E-state index in [9.17, 15) is 4.79 Å². The van der Waals surface area contributed by atoms with Crippen LogP contribution in [0.1, 0.15) is 28.9 Å². The molecule has 6 nitrogen and oxygen atoms in total. The number of nitrogens with zero attached hydrogens (tertiary/aromatic N) is 3. The van der Waals surface area contributed by atoms with Crippen LogP contribution < -0.4 is 0 Å². The second-order valence-corrected chi connectivity index (χ2v) is 5.52. The molecule has 1 aliphatic heterocycles. The van der Waals surface area contributed by atoms with Crippen LogP contribution in [0.25, 0.3) is 0 Å². The van der Waals surface area contributed by atoms with Gasteiger partial charge >= 0.3 is 0 Å². The molecule has 1 unspecified atom stereocenters. The van der Waals surface area contributed by atoms with Crippen molar-refractivity contribution in [3.8, 4) is 0 Å². The highest BCUT2D eigenvalue weighted by molar-refractivity contribution is 5.79. The topological polar surface area (TPSA) is 68.5 Å². The molecule has 0 radical (unpaired) electrons. The summed E-state index contributed by atoms with van der Waals surface area (Å²) in [5, 5.41) is 3.80. The predicted molar refractivity (Wildman–Crippen MR) is 79.2 cm³/mol. The van der Waals surface area contributed by atoms with Crippen molar-refractivity contribution in [2.45, 2.75) is 26.3 Å². The van der Waals surface area contributed by atoms with Gasteiger partial charge in [0.05, 0.1) is 19.6 Å². The largest absolute Gasteiger partial charge is 0.377 e. The number of rotatable bonds is 3. The number of hydrogen-bond donors (Lipinski definition) is 0. The third-order valence-corrected chi connectivity index (χ3v) is 3.71. The summed E-state index contributed by atoms with van der Waals surface area (Å²) in [6, 6.07) is 7.69. The number of ether oxygens (including phenoxy) is 1. The summed E-state index contributed by atoms with van der Waals surface area (Å²) < 4.78 is 10.7. The number of morpholine rings is 1. The molecule has 0 spiro atoms. The normalized spacial score (nSPS) is 18.5. The molecule has 6 heteroatoms. The molecule has 2 aromatic rings. The zero-order chi connectivity index (χ0) is 15.5. The van der Waals surface area contributed by atoms with Crippen LogP contribution in [-0.2, 0) is 16.0 Å². The molecule has 3 rings (SSSR count). The highest BCUT2D eigenvalue weighted by Crippen LogP contribution is 2.23. The van der Waals surface area contributed by atoms with Crippen LogP contribution in [0.3, 0.4) is 0 Å². The lowest BCUT2D eigenvalue weighted by Gasteiger charge is -2.33. The Balaban J connectivity index is 1.76. The van der Waals surface area contributed by atoms with Gasteiger partial charge in [-0.3, -0.25) is 4.79 Å². The van der Waals surface area contributed by atoms with Gasteiger partial charge in [0.25, 0.3) is 5.89 Å². The second-order valence-electron chi connectivity index (χ2n) is 5.52. The van der Waals surface area contributed by atoms with Crippen LogP contribution in [0.5, 0.6) is 0 Å². The zero-order valence-corrected chi connectivity index (χ0v) is 12.8. The number of carbonyl (C=O) groups excluding carboxylic acids is 1. The summed E-state index contributed by atoms with van der Waals surface area (Å²) in [6.07, 6.45) is 0.366. The van der Waals surface area contributed by atoms with Gasteiger partial charge in [-0.25, -0.2) is 0 Å². The van der Waals surface area contributed by atoms with Crippen molar-refractivity contribution in [1.29, 1.82) is 0 Å². The van der Waals surface area contributed by atoms with Gasteiger partial charge in [0.15, 0.2) is 5.82 Å². The summed E-state index contributed by atoms with van der Waals surface area (Å²) in [7, 11) is 0. The molecular formula is C16H19N3O3. The summed E-state index contributed by atoms with van der Waals surface area (Å²) >= 11 is 0. The highest BCUT2D eigenvalue weighted by atomic mass is 16.5. The van der Waals surface area contributed by atoms with Gasteiger partial charge in [0.1, 0.15) is 6.04 Å². The van der Waals surface area contributed by atoms with Crippen molar-refractivity contribution < 1.29 is 14.1 Å². The van der Waals surface area contributed by atoms with E-state index in [4.69, 9.17) is 9.26 Å². The third kappa shape index (κ3) is 3.17. The van der Waals surface area contributed by atoms with E-state index >= 15 is 0 Å². The fourth-order valence-electron chi connectivity index (χ4n) is 2.65. The molecule has 1 saturated heterocycles. The first-order valence-electron chi connectivity index (χ1n) is 7.36. The first-order valence-corrected chi connectivity index (χ1v) is 7.36. The Labute approximate surface area is 129 Å². The van der Waals surface area contributed by atoms with Gasteiger partial charge in [-0.2, -0.15) is 4.98 Å². The van der Waals surface area contributed by atoms with Crippen LogP contribution in [0, 0.1) is 13.8 Å². The Morgan fingerprint density at radius 1 is 1.41 bits per heavy atom. The predicted octanol–water partition coefficient (Wildman–Crippen LogP) is 1.83. The number of hydrogen-bond acceptors (Lipinski definition) is 5. The van der Waals surface area contributed by atoms with Gasteiger partial charge < -0.3 is 14.2 Å². The molecule has 22 heavy (non-hydrogen) atoms. The Morgan fingerprint density at radius 3 is 3.00 bits per heavy atom. The molecule has 0 aliphatic carbocycles. The van der Waals surface area contributed by atoms with Crippen LogP contribution in [0.2, 0.25) is 0 Å². The number of aryl methyl sites for hydroxylation is 2. The number of carbonyl (C=O) groups is 1. The Morgan fingerprint density at radius 2 is 2.27 bits per heavy atom. The van der Waals surface area contributed by atoms with Crippen LogP contribution >= 0.6 is 0 Å². The van der Waals surface area contributed by atoms with E-state index in [-0.39, 0.29) is 11.9 Å². The van der Waals surface area contributed by atoms with Crippen LogP contribution in [-0.4, -0.2) is 40.7 Å². The Hall–Kier alpha value is -2.21. The average molecular weight is 301 g/mol. The zero-order valence-electron chi connectivity index (χ0n) is 12.8. The SMILES string of the molecule is Cc1cccc(CC(=O)N2CCOCC2c2nc(C)no2)c1. The van der Waals surface area contributed by atoms with Crippen molar-refractivity contribution in [3.63, 3.8) is 0 Å². The summed E-state index contributed by atoms with van der Waals surface area (Å²) in [6.45, 7) is 5.24. The maximum absolute atomic E-state index is 12.6. The van der Waals surface area contributed by atoms with E-state index in [0.29, 0.717) is 37.9 Å². The monoisotopic (exact) mass is 301 g/mol. The van der Waals surface area contributed by atoms with Gasteiger partial charge in [-0.1, -0.05) is 35.0 Å². The van der Waals surface area contributed by atoms with Crippen molar-refractivity contribution in [2.24, 2.45) is 0 Å². The molecule has 2 heterocycles. The number of aromatic nitrogens is 2. The molecule has 0 bridgehead atoms. The molecule has 1 fully saturated rings. The number of amides is 1. The molecule has 1 atom stereocenters. The van der Waals surface area contributed by atoms with E-state index in [1.54, 1.807) is 11.8 Å². The lowest BCUT2D eigenvalue weighted by molar-refractivity contribution is -0.140. The summed E-state index contributed by atoms with van der Waals surface area (Å²) in [5.74, 6) is 1.05. The first kappa shape index (κ1) is 14.7. The van der Waals surface area contributed by atoms with E-state index in [1.165, 1.54) is 0 Å². The fourth-order valence-corrected chi connectivity index (χ4v) is 2.65. The van der Waals surface area contributed by atoms with Crippen molar-refractivity contribution in [1.82, 2.24) is 15.0 Å². The van der Waals surface area contributed by atoms with Gasteiger partial charge in [-0.05, 0) is 19.4 Å². The summed E-state index contributed by atoms with van der Waals surface area (Å²) in [4.78, 5) is 18.7. The molecule has 0 N–H and O–H groups in total. The van der Waals surface area contributed by atoms with E-state index in [2.05, 4.69) is 10.1 Å². The Bertz CT molecular complexity index is 668. The first-order chi connectivity index (χ1) is 10.6. The van der Waals surface area contributed by atoms with Gasteiger partial charge in [-0.15, -0.1) is 0 Å². The minimum Gasteiger partial charge on any atom is -0.377 e. The van der Waals surface area contributed by atoms with Crippen molar-refractivity contribution in [3.05, 3.63) is 47.1 Å². The molecule has 1 aromatic carbocycles. The lowest BCUT2D eigenvalue weighted by atomic mass is 10.1. The van der Waals surface area contributed by atoms with Crippen molar-refractivity contribution in [2.75, 3.05) is 19.8 Å². The van der Waals surface area contributed by atoms with Crippen LogP contribution in [0.15, 0.2) is 28.8 Å². The van der Waals surface area contributed by atoms with Gasteiger partial charge in [0, 0.05) is 6.54 Å². The smallest absolute Gasteiger partial charge is 0.251 e. The van der Waals surface area contributed by atoms with Crippen molar-refractivity contribution >= 4 is 5.91 Å². The fraction of sp³-hybridized carbons (Fsp3) is 0.438. The number of benzene rings is 1. The third-order valence-electron chi connectivity index (χ3n) is 3.71. The lowest BCUT2D eigenvalue weighted by Crippen LogP contribution is -2.44.